The quantitative estimate of drug-likeness (QED) is 0.622. The molecule has 0 unspecified atom stereocenters. The Morgan fingerprint density at radius 2 is 1.71 bits per heavy atom. The summed E-state index contributed by atoms with van der Waals surface area (Å²) >= 11 is 0. The molecule has 1 N–H and O–H groups in total. The molecule has 126 valence electrons. The van der Waals surface area contributed by atoms with E-state index >= 15 is 0 Å². The van der Waals surface area contributed by atoms with Crippen molar-refractivity contribution in [3.05, 3.63) is 53.6 Å². The summed E-state index contributed by atoms with van der Waals surface area (Å²) < 4.78 is 10.0. The molecule has 0 aliphatic heterocycles. The van der Waals surface area contributed by atoms with Gasteiger partial charge in [0, 0.05) is 5.56 Å². The summed E-state index contributed by atoms with van der Waals surface area (Å²) in [6, 6.07) is 12.3. The van der Waals surface area contributed by atoms with Crippen molar-refractivity contribution in [1.82, 2.24) is 0 Å². The van der Waals surface area contributed by atoms with Crippen LogP contribution >= 0.6 is 0 Å². The molecule has 0 aliphatic carbocycles. The van der Waals surface area contributed by atoms with Crippen LogP contribution < -0.4 is 4.74 Å². The van der Waals surface area contributed by atoms with Crippen molar-refractivity contribution in [2.45, 2.75) is 26.7 Å². The number of carbonyl (C=O) groups is 2. The van der Waals surface area contributed by atoms with E-state index in [0.717, 1.165) is 17.5 Å². The lowest BCUT2D eigenvalue weighted by atomic mass is 9.92. The number of carboxylic acid groups (broad SMARTS) is 1. The molecule has 0 saturated carbocycles. The Labute approximate surface area is 140 Å². The summed E-state index contributed by atoms with van der Waals surface area (Å²) in [7, 11) is 0. The van der Waals surface area contributed by atoms with Crippen molar-refractivity contribution < 1.29 is 24.2 Å². The first-order valence-corrected chi connectivity index (χ1v) is 7.87. The average Bonchev–Trinajstić information content (AvgIpc) is 2.56. The maximum atomic E-state index is 12.2. The lowest BCUT2D eigenvalue weighted by Crippen LogP contribution is -2.09. The second kappa shape index (κ2) is 8.15. The van der Waals surface area contributed by atoms with Gasteiger partial charge in [-0.1, -0.05) is 43.7 Å². The van der Waals surface area contributed by atoms with E-state index in [9.17, 15) is 9.59 Å². The Kier molecular flexibility index (Phi) is 5.95. The van der Waals surface area contributed by atoms with Crippen LogP contribution in [0.4, 0.5) is 4.79 Å². The van der Waals surface area contributed by atoms with E-state index in [0.29, 0.717) is 23.3 Å². The minimum atomic E-state index is -1.36. The molecule has 0 fully saturated rings. The van der Waals surface area contributed by atoms with Gasteiger partial charge < -0.3 is 14.6 Å². The average molecular weight is 328 g/mol. The van der Waals surface area contributed by atoms with Crippen molar-refractivity contribution in [2.24, 2.45) is 0 Å². The number of ether oxygens (including phenoxy) is 2. The van der Waals surface area contributed by atoms with Crippen LogP contribution in [0.3, 0.4) is 0 Å². The second-order valence-corrected chi connectivity index (χ2v) is 5.17. The Hall–Kier alpha value is -2.82. The number of esters is 1. The largest absolute Gasteiger partial charge is 0.511 e. The molecule has 0 spiro atoms. The maximum absolute atomic E-state index is 12.2. The van der Waals surface area contributed by atoms with E-state index in [-0.39, 0.29) is 6.61 Å². The van der Waals surface area contributed by atoms with E-state index in [1.165, 1.54) is 0 Å². The van der Waals surface area contributed by atoms with Crippen LogP contribution in [0.15, 0.2) is 42.5 Å². The van der Waals surface area contributed by atoms with E-state index in [1.807, 2.05) is 25.1 Å². The van der Waals surface area contributed by atoms with Crippen molar-refractivity contribution >= 4 is 12.1 Å². The van der Waals surface area contributed by atoms with Gasteiger partial charge in [-0.3, -0.25) is 0 Å². The molecule has 0 amide bonds. The highest BCUT2D eigenvalue weighted by atomic mass is 16.7. The summed E-state index contributed by atoms with van der Waals surface area (Å²) in [6.45, 7) is 4.04. The summed E-state index contributed by atoms with van der Waals surface area (Å²) in [5.41, 5.74) is 2.69. The van der Waals surface area contributed by atoms with Gasteiger partial charge in [0.1, 0.15) is 5.75 Å². The first-order chi connectivity index (χ1) is 11.6. The van der Waals surface area contributed by atoms with E-state index in [2.05, 4.69) is 0 Å². The van der Waals surface area contributed by atoms with Gasteiger partial charge in [0.15, 0.2) is 0 Å². The van der Waals surface area contributed by atoms with Gasteiger partial charge in [-0.25, -0.2) is 9.59 Å². The van der Waals surface area contributed by atoms with Crippen LogP contribution in [0.1, 0.15) is 36.2 Å². The fourth-order valence-electron chi connectivity index (χ4n) is 2.62. The molecule has 2 rings (SSSR count). The summed E-state index contributed by atoms with van der Waals surface area (Å²) in [5.74, 6) is -0.111. The number of carbonyl (C=O) groups excluding carboxylic acids is 1. The molecule has 0 aliphatic rings. The molecular formula is C19H20O5. The molecule has 0 radical (unpaired) electrons. The van der Waals surface area contributed by atoms with Crippen LogP contribution in [0.5, 0.6) is 5.75 Å². The number of hydrogen-bond acceptors (Lipinski definition) is 4. The van der Waals surface area contributed by atoms with E-state index in [4.69, 9.17) is 14.6 Å². The minimum Gasteiger partial charge on any atom is -0.462 e. The number of rotatable bonds is 6. The van der Waals surface area contributed by atoms with Gasteiger partial charge in [0.25, 0.3) is 0 Å². The zero-order valence-corrected chi connectivity index (χ0v) is 13.7. The molecule has 0 saturated heterocycles. The SMILES string of the molecule is CCCc1c(OC(=O)O)cccc1-c1ccccc1C(=O)OCC. The van der Waals surface area contributed by atoms with Gasteiger partial charge in [0.2, 0.25) is 0 Å². The maximum Gasteiger partial charge on any atom is 0.511 e. The van der Waals surface area contributed by atoms with Gasteiger partial charge in [-0.2, -0.15) is 0 Å². The third-order valence-electron chi connectivity index (χ3n) is 3.54. The Balaban J connectivity index is 2.60. The third kappa shape index (κ3) is 3.93. The fraction of sp³-hybridized carbons (Fsp3) is 0.263. The van der Waals surface area contributed by atoms with Gasteiger partial charge >= 0.3 is 12.1 Å². The highest BCUT2D eigenvalue weighted by molar-refractivity contribution is 5.98. The Morgan fingerprint density at radius 1 is 1.00 bits per heavy atom. The van der Waals surface area contributed by atoms with Crippen LogP contribution in [0.25, 0.3) is 11.1 Å². The molecule has 0 heterocycles. The zero-order chi connectivity index (χ0) is 17.5. The topological polar surface area (TPSA) is 72.8 Å². The molecule has 5 nitrogen and oxygen atoms in total. The first kappa shape index (κ1) is 17.5. The lowest BCUT2D eigenvalue weighted by molar-refractivity contribution is 0.0527. The smallest absolute Gasteiger partial charge is 0.462 e. The fourth-order valence-corrected chi connectivity index (χ4v) is 2.62. The van der Waals surface area contributed by atoms with E-state index in [1.54, 1.807) is 31.2 Å². The van der Waals surface area contributed by atoms with Crippen LogP contribution in [-0.4, -0.2) is 23.8 Å². The van der Waals surface area contributed by atoms with Gasteiger partial charge in [-0.05, 0) is 36.6 Å². The third-order valence-corrected chi connectivity index (χ3v) is 3.54. The van der Waals surface area contributed by atoms with Crippen molar-refractivity contribution in [3.8, 4) is 16.9 Å². The predicted octanol–water partition coefficient (Wildman–Crippen LogP) is 4.54. The molecule has 5 heteroatoms. The molecule has 2 aromatic rings. The summed E-state index contributed by atoms with van der Waals surface area (Å²) in [4.78, 5) is 23.2. The standard InChI is InChI=1S/C19H20O5/c1-3-8-15-13(11-7-12-17(15)24-19(21)22)14-9-5-6-10-16(14)18(20)23-4-2/h5-7,9-12H,3-4,8H2,1-2H3,(H,21,22). The zero-order valence-electron chi connectivity index (χ0n) is 13.7. The molecule has 2 aromatic carbocycles. The van der Waals surface area contributed by atoms with E-state index < -0.39 is 12.1 Å². The monoisotopic (exact) mass is 328 g/mol. The summed E-state index contributed by atoms with van der Waals surface area (Å²) in [6.07, 6.45) is 0.0908. The van der Waals surface area contributed by atoms with Crippen LogP contribution in [-0.2, 0) is 11.2 Å². The lowest BCUT2D eigenvalue weighted by Gasteiger charge is -2.15. The molecular weight excluding hydrogens is 308 g/mol. The van der Waals surface area contributed by atoms with Crippen LogP contribution in [0.2, 0.25) is 0 Å². The van der Waals surface area contributed by atoms with Gasteiger partial charge in [-0.15, -0.1) is 0 Å². The molecule has 24 heavy (non-hydrogen) atoms. The summed E-state index contributed by atoms with van der Waals surface area (Å²) in [5, 5.41) is 8.94. The van der Waals surface area contributed by atoms with Crippen molar-refractivity contribution in [3.63, 3.8) is 0 Å². The van der Waals surface area contributed by atoms with Crippen LogP contribution in [0, 0.1) is 0 Å². The first-order valence-electron chi connectivity index (χ1n) is 7.87. The number of benzene rings is 2. The Morgan fingerprint density at radius 3 is 2.38 bits per heavy atom. The molecule has 0 atom stereocenters. The predicted molar refractivity (Wildman–Crippen MR) is 90.5 cm³/mol. The normalized spacial score (nSPS) is 10.2. The molecule has 0 aromatic heterocycles. The number of hydrogen-bond donors (Lipinski definition) is 1. The molecule has 0 bridgehead atoms. The van der Waals surface area contributed by atoms with Crippen molar-refractivity contribution in [1.29, 1.82) is 0 Å². The highest BCUT2D eigenvalue weighted by Gasteiger charge is 2.18. The van der Waals surface area contributed by atoms with Gasteiger partial charge in [0.05, 0.1) is 12.2 Å². The Bertz CT molecular complexity index is 736. The van der Waals surface area contributed by atoms with Crippen molar-refractivity contribution in [2.75, 3.05) is 6.61 Å². The second-order valence-electron chi connectivity index (χ2n) is 5.17. The minimum absolute atomic E-state index is 0.289. The highest BCUT2D eigenvalue weighted by Crippen LogP contribution is 2.34.